The van der Waals surface area contributed by atoms with Crippen molar-refractivity contribution in [2.45, 2.75) is 13.0 Å². The highest BCUT2D eigenvalue weighted by atomic mass is 31.0. The first-order valence-electron chi connectivity index (χ1n) is 9.12. The Morgan fingerprint density at radius 2 is 1.66 bits per heavy atom. The molecule has 0 N–H and O–H groups in total. The fraction of sp³-hybridized carbons (Fsp3) is 0.136. The lowest BCUT2D eigenvalue weighted by Gasteiger charge is -2.08. The van der Waals surface area contributed by atoms with Crippen LogP contribution in [0.15, 0.2) is 67.0 Å². The van der Waals surface area contributed by atoms with Crippen LogP contribution in [0, 0.1) is 5.92 Å². The van der Waals surface area contributed by atoms with Gasteiger partial charge in [-0.1, -0.05) is 30.3 Å². The normalized spacial score (nSPS) is 15.1. The van der Waals surface area contributed by atoms with Gasteiger partial charge in [-0.3, -0.25) is 9.59 Å². The van der Waals surface area contributed by atoms with Gasteiger partial charge >= 0.3 is 0 Å². The molecule has 5 nitrogen and oxygen atoms in total. The van der Waals surface area contributed by atoms with Gasteiger partial charge in [-0.05, 0) is 24.1 Å². The zero-order valence-corrected chi connectivity index (χ0v) is 17.9. The van der Waals surface area contributed by atoms with Crippen LogP contribution in [0.1, 0.15) is 31.8 Å². The number of hydrogen-bond donors (Lipinski definition) is 0. The first kappa shape index (κ1) is 19.7. The number of ketones is 2. The summed E-state index contributed by atoms with van der Waals surface area (Å²) in [6, 6.07) is 17.0. The van der Waals surface area contributed by atoms with Gasteiger partial charge in [0, 0.05) is 28.8 Å². The predicted octanol–water partition coefficient (Wildman–Crippen LogP) is 3.60. The maximum atomic E-state index is 13.0. The second-order valence-electron chi connectivity index (χ2n) is 6.92. The summed E-state index contributed by atoms with van der Waals surface area (Å²) in [6.07, 6.45) is 4.10. The molecule has 0 saturated carbocycles. The molecule has 2 aromatic carbocycles. The third kappa shape index (κ3) is 3.94. The maximum absolute atomic E-state index is 13.0. The van der Waals surface area contributed by atoms with E-state index in [1.54, 1.807) is 24.3 Å². The van der Waals surface area contributed by atoms with E-state index in [1.807, 2.05) is 35.2 Å². The first-order chi connectivity index (χ1) is 14.1. The Morgan fingerprint density at radius 3 is 2.31 bits per heavy atom. The van der Waals surface area contributed by atoms with Crippen LogP contribution in [0.5, 0.6) is 11.5 Å². The van der Waals surface area contributed by atoms with E-state index in [0.717, 1.165) is 12.1 Å². The zero-order valence-electron chi connectivity index (χ0n) is 15.6. The monoisotopic (exact) mass is 424 g/mol. The molecule has 3 atom stereocenters. The lowest BCUT2D eigenvalue weighted by Crippen LogP contribution is -2.33. The van der Waals surface area contributed by atoms with Gasteiger partial charge < -0.3 is 9.05 Å². The average Bonchev–Trinajstić information content (AvgIpc) is 3.09. The van der Waals surface area contributed by atoms with Crippen molar-refractivity contribution in [1.82, 2.24) is 0 Å². The largest absolute Gasteiger partial charge is 0.476 e. The van der Waals surface area contributed by atoms with Crippen molar-refractivity contribution in [1.29, 1.82) is 0 Å². The Labute approximate surface area is 173 Å². The quantitative estimate of drug-likeness (QED) is 0.263. The summed E-state index contributed by atoms with van der Waals surface area (Å²) in [4.78, 5) is 25.9. The number of carbonyl (C=O) groups excluding carboxylic acids is 2. The molecule has 0 bridgehead atoms. The molecule has 1 heterocycles. The molecular weight excluding hydrogens is 404 g/mol. The minimum absolute atomic E-state index is 0.167. The second-order valence-corrected chi connectivity index (χ2v) is 7.39. The first-order valence-corrected chi connectivity index (χ1v) is 10.1. The van der Waals surface area contributed by atoms with Crippen molar-refractivity contribution in [2.75, 3.05) is 0 Å². The van der Waals surface area contributed by atoms with Gasteiger partial charge in [0.1, 0.15) is 0 Å². The molecule has 0 fully saturated rings. The van der Waals surface area contributed by atoms with Crippen LogP contribution in [-0.4, -0.2) is 11.6 Å². The Hall–Kier alpha value is -2.61. The van der Waals surface area contributed by atoms with Gasteiger partial charge in [0.25, 0.3) is 0 Å². The van der Waals surface area contributed by atoms with Crippen LogP contribution in [0.4, 0.5) is 0 Å². The molecule has 3 unspecified atom stereocenters. The number of fused-ring (bicyclic) bond motifs is 1. The molecule has 1 aromatic heterocycles. The van der Waals surface area contributed by atoms with Gasteiger partial charge in [0.2, 0.25) is 0 Å². The minimum atomic E-state index is -0.716. The summed E-state index contributed by atoms with van der Waals surface area (Å²) in [5, 5.41) is 0. The highest BCUT2D eigenvalue weighted by Crippen LogP contribution is 2.39. The smallest absolute Gasteiger partial charge is 0.174 e. The molecule has 0 amide bonds. The number of aromatic nitrogens is 1. The maximum Gasteiger partial charge on any atom is 0.174 e. The van der Waals surface area contributed by atoms with Crippen molar-refractivity contribution in [3.63, 3.8) is 0 Å². The van der Waals surface area contributed by atoms with E-state index < -0.39 is 5.92 Å². The van der Waals surface area contributed by atoms with E-state index in [9.17, 15) is 9.59 Å². The van der Waals surface area contributed by atoms with Crippen molar-refractivity contribution in [3.8, 4) is 11.5 Å². The van der Waals surface area contributed by atoms with Crippen molar-refractivity contribution in [3.05, 3.63) is 89.2 Å². The molecule has 29 heavy (non-hydrogen) atoms. The fourth-order valence-electron chi connectivity index (χ4n) is 3.62. The Morgan fingerprint density at radius 1 is 1.00 bits per heavy atom. The molecule has 1 aliphatic carbocycles. The number of rotatable bonds is 6. The third-order valence-electron chi connectivity index (χ3n) is 5.13. The van der Waals surface area contributed by atoms with Crippen LogP contribution in [-0.2, 0) is 13.0 Å². The number of Topliss-reactive ketones (excluding diaryl/α,β-unsaturated/α-hetero) is 2. The van der Waals surface area contributed by atoms with Crippen molar-refractivity contribution < 1.29 is 23.2 Å². The van der Waals surface area contributed by atoms with Crippen LogP contribution in [0.25, 0.3) is 0 Å². The molecule has 0 aliphatic heterocycles. The summed E-state index contributed by atoms with van der Waals surface area (Å²) in [7, 11) is 4.31. The third-order valence-corrected chi connectivity index (χ3v) is 5.64. The van der Waals surface area contributed by atoms with E-state index >= 15 is 0 Å². The van der Waals surface area contributed by atoms with Crippen LogP contribution >= 0.6 is 18.9 Å². The SMILES string of the molecule is O=C(c1cc[n+](Cc2ccccc2)cc1)C1Cc2cc(OP)c(OP)cc2C1=O. The van der Waals surface area contributed by atoms with Gasteiger partial charge in [-0.25, -0.2) is 4.57 Å². The molecule has 3 aromatic rings. The molecular formula is C22H20NO4P2+. The van der Waals surface area contributed by atoms with Gasteiger partial charge in [0.05, 0.1) is 24.9 Å². The molecule has 1 aliphatic rings. The van der Waals surface area contributed by atoms with Crippen molar-refractivity contribution >= 4 is 30.5 Å². The number of hydrogen-bond acceptors (Lipinski definition) is 4. The van der Waals surface area contributed by atoms with E-state index in [1.165, 1.54) is 5.56 Å². The molecule has 146 valence electrons. The Kier molecular flexibility index (Phi) is 5.71. The lowest BCUT2D eigenvalue weighted by molar-refractivity contribution is -0.688. The number of nitrogens with zero attached hydrogens (tertiary/aromatic N) is 1. The average molecular weight is 424 g/mol. The molecule has 7 heteroatoms. The molecule has 4 rings (SSSR count). The molecule has 0 spiro atoms. The number of benzene rings is 2. The van der Waals surface area contributed by atoms with Gasteiger partial charge in [-0.15, -0.1) is 0 Å². The van der Waals surface area contributed by atoms with E-state index in [2.05, 4.69) is 31.1 Å². The fourth-order valence-corrected chi connectivity index (χ4v) is 3.99. The summed E-state index contributed by atoms with van der Waals surface area (Å²) in [6.45, 7) is 0.721. The summed E-state index contributed by atoms with van der Waals surface area (Å²) in [5.74, 6) is -0.116. The van der Waals surface area contributed by atoms with Gasteiger partial charge in [-0.2, -0.15) is 0 Å². The second kappa shape index (κ2) is 8.41. The Balaban J connectivity index is 1.53. The highest BCUT2D eigenvalue weighted by Gasteiger charge is 2.37. The summed E-state index contributed by atoms with van der Waals surface area (Å²) in [5.41, 5.74) is 3.02. The molecule has 0 radical (unpaired) electrons. The predicted molar refractivity (Wildman–Crippen MR) is 115 cm³/mol. The molecule has 0 saturated heterocycles. The van der Waals surface area contributed by atoms with Crippen LogP contribution < -0.4 is 13.6 Å². The topological polar surface area (TPSA) is 56.5 Å². The number of pyridine rings is 1. The van der Waals surface area contributed by atoms with Crippen molar-refractivity contribution in [2.24, 2.45) is 5.92 Å². The van der Waals surface area contributed by atoms with Crippen LogP contribution in [0.2, 0.25) is 0 Å². The standard InChI is InChI=1S/C22H20NO4P2/c24-21(15-6-8-23(9-7-15)13-14-4-2-1-3-5-14)18-10-16-11-19(26-28)20(27-29)12-17(16)22(18)25/h1-9,11-12,18H,10,13,28-29H2/q+1. The number of carbonyl (C=O) groups is 2. The minimum Gasteiger partial charge on any atom is -0.476 e. The highest BCUT2D eigenvalue weighted by molar-refractivity contribution is 7.10. The Bertz CT molecular complexity index is 1070. The lowest BCUT2D eigenvalue weighted by atomic mass is 9.95. The van der Waals surface area contributed by atoms with E-state index in [-0.39, 0.29) is 11.6 Å². The zero-order chi connectivity index (χ0) is 20.4. The summed E-state index contributed by atoms with van der Waals surface area (Å²) >= 11 is 0. The van der Waals surface area contributed by atoms with E-state index in [0.29, 0.717) is 29.0 Å². The summed E-state index contributed by atoms with van der Waals surface area (Å²) < 4.78 is 12.4. The van der Waals surface area contributed by atoms with E-state index in [4.69, 9.17) is 9.05 Å². The van der Waals surface area contributed by atoms with Gasteiger partial charge in [0.15, 0.2) is 42.0 Å². The van der Waals surface area contributed by atoms with Crippen LogP contribution in [0.3, 0.4) is 0 Å².